The minimum Gasteiger partial charge on any atom is -0.480 e. The minimum absolute atomic E-state index is 0.189. The number of imidazole rings is 1. The molecule has 20 heavy (non-hydrogen) atoms. The van der Waals surface area contributed by atoms with E-state index in [9.17, 15) is 14.7 Å². The van der Waals surface area contributed by atoms with E-state index in [1.54, 1.807) is 6.20 Å². The summed E-state index contributed by atoms with van der Waals surface area (Å²) in [6.45, 7) is 3.45. The first-order valence-corrected chi connectivity index (χ1v) is 6.73. The maximum Gasteiger partial charge on any atom is 0.326 e. The normalized spacial score (nSPS) is 19.2. The molecule has 1 amide bonds. The van der Waals surface area contributed by atoms with Crippen molar-refractivity contribution in [1.82, 2.24) is 20.6 Å². The van der Waals surface area contributed by atoms with Crippen LogP contribution in [-0.4, -0.2) is 46.1 Å². The molecule has 2 heterocycles. The number of H-pyrrole nitrogens is 1. The zero-order chi connectivity index (χ0) is 14.6. The number of carbonyl (C=O) groups is 2. The number of hydrogen-bond donors (Lipinski definition) is 4. The Morgan fingerprint density at radius 3 is 2.75 bits per heavy atom. The van der Waals surface area contributed by atoms with Gasteiger partial charge in [0.1, 0.15) is 6.04 Å². The van der Waals surface area contributed by atoms with Gasteiger partial charge in [0.2, 0.25) is 5.91 Å². The summed E-state index contributed by atoms with van der Waals surface area (Å²) in [5.41, 5.74) is 0.195. The fourth-order valence-corrected chi connectivity index (χ4v) is 2.35. The fraction of sp³-hybridized carbons (Fsp3) is 0.615. The molecule has 0 saturated carbocycles. The molecule has 1 aromatic rings. The Morgan fingerprint density at radius 2 is 2.20 bits per heavy atom. The average Bonchev–Trinajstić information content (AvgIpc) is 2.91. The number of rotatable bonds is 5. The lowest BCUT2D eigenvalue weighted by Gasteiger charge is -2.33. The van der Waals surface area contributed by atoms with Gasteiger partial charge < -0.3 is 20.7 Å². The predicted octanol–water partition coefficient (Wildman–Crippen LogP) is -0.0887. The summed E-state index contributed by atoms with van der Waals surface area (Å²) in [7, 11) is 0. The van der Waals surface area contributed by atoms with Crippen LogP contribution in [0.3, 0.4) is 0 Å². The van der Waals surface area contributed by atoms with E-state index in [1.807, 2.05) is 6.92 Å². The molecule has 1 aromatic heterocycles. The zero-order valence-corrected chi connectivity index (χ0v) is 11.5. The van der Waals surface area contributed by atoms with Crippen LogP contribution in [0.15, 0.2) is 12.5 Å². The Bertz CT molecular complexity index is 466. The molecular formula is C13H20N4O3. The number of nitrogens with zero attached hydrogens (tertiary/aromatic N) is 1. The number of aromatic nitrogens is 2. The Balaban J connectivity index is 2.00. The van der Waals surface area contributed by atoms with Crippen LogP contribution in [0.5, 0.6) is 0 Å². The fourth-order valence-electron chi connectivity index (χ4n) is 2.35. The monoisotopic (exact) mass is 280 g/mol. The number of aromatic amines is 1. The molecule has 0 radical (unpaired) electrons. The Morgan fingerprint density at radius 1 is 1.50 bits per heavy atom. The van der Waals surface area contributed by atoms with Crippen molar-refractivity contribution < 1.29 is 14.7 Å². The van der Waals surface area contributed by atoms with Crippen molar-refractivity contribution in [3.05, 3.63) is 18.2 Å². The van der Waals surface area contributed by atoms with Crippen molar-refractivity contribution in [2.24, 2.45) is 5.41 Å². The van der Waals surface area contributed by atoms with E-state index in [0.29, 0.717) is 5.69 Å². The molecule has 7 heteroatoms. The molecule has 4 N–H and O–H groups in total. The van der Waals surface area contributed by atoms with Crippen LogP contribution in [0.2, 0.25) is 0 Å². The van der Waals surface area contributed by atoms with Crippen molar-refractivity contribution in [1.29, 1.82) is 0 Å². The molecule has 1 saturated heterocycles. The maximum absolute atomic E-state index is 12.3. The van der Waals surface area contributed by atoms with Gasteiger partial charge >= 0.3 is 5.97 Å². The summed E-state index contributed by atoms with van der Waals surface area (Å²) in [4.78, 5) is 30.3. The highest BCUT2D eigenvalue weighted by Crippen LogP contribution is 2.28. The van der Waals surface area contributed by atoms with E-state index in [1.165, 1.54) is 6.33 Å². The van der Waals surface area contributed by atoms with E-state index >= 15 is 0 Å². The highest BCUT2D eigenvalue weighted by atomic mass is 16.4. The lowest BCUT2D eigenvalue weighted by Crippen LogP contribution is -2.51. The molecule has 0 spiro atoms. The van der Waals surface area contributed by atoms with Crippen LogP contribution < -0.4 is 10.6 Å². The van der Waals surface area contributed by atoms with E-state index in [2.05, 4.69) is 20.6 Å². The highest BCUT2D eigenvalue weighted by Gasteiger charge is 2.36. The van der Waals surface area contributed by atoms with Crippen LogP contribution >= 0.6 is 0 Å². The molecule has 1 fully saturated rings. The molecule has 1 unspecified atom stereocenters. The van der Waals surface area contributed by atoms with Crippen molar-refractivity contribution in [3.8, 4) is 0 Å². The molecular weight excluding hydrogens is 260 g/mol. The summed E-state index contributed by atoms with van der Waals surface area (Å²) in [5, 5.41) is 15.1. The quantitative estimate of drug-likeness (QED) is 0.603. The van der Waals surface area contributed by atoms with Crippen molar-refractivity contribution in [3.63, 3.8) is 0 Å². The second-order valence-electron chi connectivity index (χ2n) is 5.46. The minimum atomic E-state index is -1.04. The van der Waals surface area contributed by atoms with E-state index in [-0.39, 0.29) is 12.3 Å². The molecule has 1 aliphatic rings. The first kappa shape index (κ1) is 14.5. The van der Waals surface area contributed by atoms with Crippen molar-refractivity contribution >= 4 is 11.9 Å². The average molecular weight is 280 g/mol. The summed E-state index contributed by atoms with van der Waals surface area (Å²) in [6.07, 6.45) is 4.69. The number of hydrogen-bond acceptors (Lipinski definition) is 4. The molecule has 1 aliphatic heterocycles. The number of carbonyl (C=O) groups excluding carboxylic acids is 1. The second-order valence-corrected chi connectivity index (χ2v) is 5.46. The Labute approximate surface area is 117 Å². The third-order valence-corrected chi connectivity index (χ3v) is 3.84. The molecule has 7 nitrogen and oxygen atoms in total. The lowest BCUT2D eigenvalue weighted by molar-refractivity contribution is -0.144. The number of piperidine rings is 1. The topological polar surface area (TPSA) is 107 Å². The smallest absolute Gasteiger partial charge is 0.326 e. The van der Waals surface area contributed by atoms with Gasteiger partial charge in [-0.25, -0.2) is 9.78 Å². The van der Waals surface area contributed by atoms with Crippen molar-refractivity contribution in [2.45, 2.75) is 32.2 Å². The van der Waals surface area contributed by atoms with Gasteiger partial charge in [0, 0.05) is 23.7 Å². The number of carboxylic acids is 1. The first-order chi connectivity index (χ1) is 9.51. The van der Waals surface area contributed by atoms with Crippen LogP contribution in [0.25, 0.3) is 0 Å². The number of carboxylic acid groups (broad SMARTS) is 1. The number of amides is 1. The van der Waals surface area contributed by atoms with E-state index < -0.39 is 17.4 Å². The predicted molar refractivity (Wildman–Crippen MR) is 72.1 cm³/mol. The van der Waals surface area contributed by atoms with Crippen LogP contribution in [0.1, 0.15) is 25.5 Å². The van der Waals surface area contributed by atoms with Crippen LogP contribution in [0, 0.1) is 5.41 Å². The van der Waals surface area contributed by atoms with Crippen LogP contribution in [-0.2, 0) is 16.0 Å². The van der Waals surface area contributed by atoms with Gasteiger partial charge in [0.25, 0.3) is 0 Å². The molecule has 110 valence electrons. The molecule has 0 aromatic carbocycles. The van der Waals surface area contributed by atoms with Gasteiger partial charge in [-0.3, -0.25) is 4.79 Å². The highest BCUT2D eigenvalue weighted by molar-refractivity contribution is 5.87. The van der Waals surface area contributed by atoms with Gasteiger partial charge in [-0.1, -0.05) is 6.92 Å². The maximum atomic E-state index is 12.3. The van der Waals surface area contributed by atoms with E-state index in [4.69, 9.17) is 0 Å². The van der Waals surface area contributed by atoms with Gasteiger partial charge in [-0.05, 0) is 25.9 Å². The van der Waals surface area contributed by atoms with E-state index in [0.717, 1.165) is 25.9 Å². The molecule has 0 bridgehead atoms. The van der Waals surface area contributed by atoms with Crippen LogP contribution in [0.4, 0.5) is 0 Å². The third-order valence-electron chi connectivity index (χ3n) is 3.84. The number of nitrogens with one attached hydrogen (secondary N) is 3. The summed E-state index contributed by atoms with van der Waals surface area (Å²) >= 11 is 0. The Hall–Kier alpha value is -1.89. The summed E-state index contributed by atoms with van der Waals surface area (Å²) in [6, 6.07) is -0.935. The second kappa shape index (κ2) is 6.04. The van der Waals surface area contributed by atoms with Crippen molar-refractivity contribution in [2.75, 3.05) is 13.1 Å². The molecule has 0 aliphatic carbocycles. The summed E-state index contributed by atoms with van der Waals surface area (Å²) < 4.78 is 0. The zero-order valence-electron chi connectivity index (χ0n) is 11.5. The van der Waals surface area contributed by atoms with Gasteiger partial charge in [0.05, 0.1) is 6.33 Å². The number of aliphatic carboxylic acids is 1. The van der Waals surface area contributed by atoms with Gasteiger partial charge in [-0.15, -0.1) is 0 Å². The third kappa shape index (κ3) is 3.36. The Kier molecular flexibility index (Phi) is 4.39. The largest absolute Gasteiger partial charge is 0.480 e. The van der Waals surface area contributed by atoms with Gasteiger partial charge in [-0.2, -0.15) is 0 Å². The first-order valence-electron chi connectivity index (χ1n) is 6.73. The summed E-state index contributed by atoms with van der Waals surface area (Å²) in [5.74, 6) is -1.23. The SMILES string of the molecule is CC1(C(=O)NC(Cc2cnc[nH]2)C(=O)O)CCNCC1. The lowest BCUT2D eigenvalue weighted by atomic mass is 9.80. The van der Waals surface area contributed by atoms with Gasteiger partial charge in [0.15, 0.2) is 0 Å². The molecule has 1 atom stereocenters. The standard InChI is InChI=1S/C13H20N4O3/c1-13(2-4-14-5-3-13)12(20)17-10(11(18)19)6-9-7-15-8-16-9/h7-8,10,14H,2-6H2,1H3,(H,15,16)(H,17,20)(H,18,19). The molecule has 2 rings (SSSR count).